The smallest absolute Gasteiger partial charge is 0.175 e. The van der Waals surface area contributed by atoms with Gasteiger partial charge in [0.1, 0.15) is 0 Å². The molecule has 0 aromatic heterocycles. The van der Waals surface area contributed by atoms with E-state index in [1.165, 1.54) is 6.26 Å². The number of rotatable bonds is 3. The van der Waals surface area contributed by atoms with E-state index in [9.17, 15) is 8.42 Å². The minimum atomic E-state index is -3.09. The number of sulfone groups is 1. The molecule has 1 aliphatic carbocycles. The molecule has 1 aromatic carbocycles. The third kappa shape index (κ3) is 1.91. The fraction of sp³-hybridized carbons (Fsp3) is 0.538. The molecular formula is C13H18N2O2S. The van der Waals surface area contributed by atoms with E-state index in [1.54, 1.807) is 12.1 Å². The van der Waals surface area contributed by atoms with Crippen LogP contribution in [0.1, 0.15) is 0 Å². The van der Waals surface area contributed by atoms with Crippen molar-refractivity contribution in [1.29, 1.82) is 0 Å². The topological polar surface area (TPSA) is 49.4 Å². The van der Waals surface area contributed by atoms with E-state index >= 15 is 0 Å². The van der Waals surface area contributed by atoms with Crippen LogP contribution in [0, 0.1) is 11.8 Å². The Bertz CT molecular complexity index is 543. The molecule has 1 aromatic rings. The molecule has 3 rings (SSSR count). The van der Waals surface area contributed by atoms with E-state index in [2.05, 4.69) is 17.3 Å². The molecule has 2 fully saturated rings. The van der Waals surface area contributed by atoms with E-state index in [-0.39, 0.29) is 0 Å². The number of nitrogens with zero attached hydrogens (tertiary/aromatic N) is 1. The van der Waals surface area contributed by atoms with E-state index < -0.39 is 9.84 Å². The summed E-state index contributed by atoms with van der Waals surface area (Å²) in [7, 11) is -0.998. The number of nitrogens with one attached hydrogen (secondary N) is 1. The molecule has 3 atom stereocenters. The maximum atomic E-state index is 11.4. The van der Waals surface area contributed by atoms with Crippen LogP contribution in [0.5, 0.6) is 0 Å². The van der Waals surface area contributed by atoms with Gasteiger partial charge in [0, 0.05) is 38.1 Å². The SMILES string of the molecule is CN(c1ccc(S(C)(=O)=O)cc1)C1[C@H]2CNC[C@@H]12. The minimum Gasteiger partial charge on any atom is -0.371 e. The number of piperidine rings is 1. The highest BCUT2D eigenvalue weighted by molar-refractivity contribution is 7.90. The predicted molar refractivity (Wildman–Crippen MR) is 71.6 cm³/mol. The zero-order valence-corrected chi connectivity index (χ0v) is 11.4. The van der Waals surface area contributed by atoms with Gasteiger partial charge in [0.2, 0.25) is 0 Å². The van der Waals surface area contributed by atoms with Gasteiger partial charge in [-0.15, -0.1) is 0 Å². The molecular weight excluding hydrogens is 248 g/mol. The molecule has 5 heteroatoms. The number of hydrogen-bond acceptors (Lipinski definition) is 4. The maximum absolute atomic E-state index is 11.4. The number of benzene rings is 1. The number of hydrogen-bond donors (Lipinski definition) is 1. The Labute approximate surface area is 108 Å². The Morgan fingerprint density at radius 1 is 1.17 bits per heavy atom. The van der Waals surface area contributed by atoms with Gasteiger partial charge in [-0.2, -0.15) is 0 Å². The molecule has 0 radical (unpaired) electrons. The second-order valence-electron chi connectivity index (χ2n) is 5.35. The van der Waals surface area contributed by atoms with Gasteiger partial charge < -0.3 is 10.2 Å². The van der Waals surface area contributed by atoms with Crippen LogP contribution >= 0.6 is 0 Å². The average Bonchev–Trinajstić information content (AvgIpc) is 2.80. The van der Waals surface area contributed by atoms with E-state index in [1.807, 2.05) is 12.1 Å². The third-order valence-corrected chi connectivity index (χ3v) is 5.29. The summed E-state index contributed by atoms with van der Waals surface area (Å²) in [6.07, 6.45) is 1.24. The molecule has 98 valence electrons. The predicted octanol–water partition coefficient (Wildman–Crippen LogP) is 0.744. The van der Waals surface area contributed by atoms with Gasteiger partial charge in [0.25, 0.3) is 0 Å². The monoisotopic (exact) mass is 266 g/mol. The molecule has 4 nitrogen and oxygen atoms in total. The molecule has 0 spiro atoms. The molecule has 2 aliphatic rings. The molecule has 1 saturated heterocycles. The first-order chi connectivity index (χ1) is 8.48. The van der Waals surface area contributed by atoms with Crippen molar-refractivity contribution in [1.82, 2.24) is 5.32 Å². The quantitative estimate of drug-likeness (QED) is 0.877. The third-order valence-electron chi connectivity index (χ3n) is 4.17. The van der Waals surface area contributed by atoms with Crippen molar-refractivity contribution in [3.8, 4) is 0 Å². The Hall–Kier alpha value is -1.07. The normalized spacial score (nSPS) is 30.0. The Balaban J connectivity index is 1.77. The van der Waals surface area contributed by atoms with Crippen molar-refractivity contribution >= 4 is 15.5 Å². The summed E-state index contributed by atoms with van der Waals surface area (Å²) in [5.41, 5.74) is 1.10. The van der Waals surface area contributed by atoms with Crippen LogP contribution in [-0.2, 0) is 9.84 Å². The van der Waals surface area contributed by atoms with Gasteiger partial charge in [-0.25, -0.2) is 8.42 Å². The fourth-order valence-corrected chi connectivity index (χ4v) is 3.69. The van der Waals surface area contributed by atoms with Crippen LogP contribution in [0.2, 0.25) is 0 Å². The molecule has 1 unspecified atom stereocenters. The zero-order valence-electron chi connectivity index (χ0n) is 10.6. The van der Waals surface area contributed by atoms with Crippen molar-refractivity contribution in [3.63, 3.8) is 0 Å². The van der Waals surface area contributed by atoms with Gasteiger partial charge in [-0.3, -0.25) is 0 Å². The Kier molecular flexibility index (Phi) is 2.64. The van der Waals surface area contributed by atoms with Gasteiger partial charge in [-0.05, 0) is 36.1 Å². The van der Waals surface area contributed by atoms with Crippen molar-refractivity contribution in [2.24, 2.45) is 11.8 Å². The molecule has 1 saturated carbocycles. The number of anilines is 1. The second-order valence-corrected chi connectivity index (χ2v) is 7.37. The summed E-state index contributed by atoms with van der Waals surface area (Å²) in [6, 6.07) is 7.81. The lowest BCUT2D eigenvalue weighted by molar-refractivity contribution is 0.602. The standard InChI is InChI=1S/C13H18N2O2S/c1-15(13-11-7-14-8-12(11)13)9-3-5-10(6-4-9)18(2,16)17/h3-6,11-14H,7-8H2,1-2H3/t11-,12+,13?. The summed E-state index contributed by atoms with van der Waals surface area (Å²) < 4.78 is 22.8. The first-order valence-corrected chi connectivity index (χ1v) is 8.11. The maximum Gasteiger partial charge on any atom is 0.175 e. The zero-order chi connectivity index (χ0) is 12.9. The lowest BCUT2D eigenvalue weighted by atomic mass is 10.2. The first-order valence-electron chi connectivity index (χ1n) is 6.22. The van der Waals surface area contributed by atoms with Crippen LogP contribution in [0.25, 0.3) is 0 Å². The molecule has 1 heterocycles. The van der Waals surface area contributed by atoms with Crippen LogP contribution in [-0.4, -0.2) is 40.9 Å². The van der Waals surface area contributed by atoms with E-state index in [0.717, 1.165) is 30.6 Å². The van der Waals surface area contributed by atoms with Crippen molar-refractivity contribution < 1.29 is 8.42 Å². The highest BCUT2D eigenvalue weighted by Gasteiger charge is 2.55. The van der Waals surface area contributed by atoms with Gasteiger partial charge in [0.15, 0.2) is 9.84 Å². The Morgan fingerprint density at radius 3 is 2.22 bits per heavy atom. The van der Waals surface area contributed by atoms with E-state index in [4.69, 9.17) is 0 Å². The summed E-state index contributed by atoms with van der Waals surface area (Å²) in [5.74, 6) is 1.54. The Morgan fingerprint density at radius 2 is 1.72 bits per heavy atom. The molecule has 1 aliphatic heterocycles. The lowest BCUT2D eigenvalue weighted by Gasteiger charge is -2.22. The van der Waals surface area contributed by atoms with Crippen LogP contribution in [0.15, 0.2) is 29.2 Å². The van der Waals surface area contributed by atoms with Crippen molar-refractivity contribution in [2.75, 3.05) is 31.3 Å². The number of fused-ring (bicyclic) bond motifs is 1. The largest absolute Gasteiger partial charge is 0.371 e. The molecule has 0 amide bonds. The lowest BCUT2D eigenvalue weighted by Crippen LogP contribution is -2.29. The molecule has 18 heavy (non-hydrogen) atoms. The summed E-state index contributed by atoms with van der Waals surface area (Å²) in [5, 5.41) is 3.38. The minimum absolute atomic E-state index is 0.386. The molecule has 1 N–H and O–H groups in total. The van der Waals surface area contributed by atoms with E-state index in [0.29, 0.717) is 10.9 Å². The average molecular weight is 266 g/mol. The highest BCUT2D eigenvalue weighted by atomic mass is 32.2. The first kappa shape index (κ1) is 12.0. The van der Waals surface area contributed by atoms with Crippen LogP contribution < -0.4 is 10.2 Å². The van der Waals surface area contributed by atoms with Crippen molar-refractivity contribution in [3.05, 3.63) is 24.3 Å². The summed E-state index contributed by atoms with van der Waals surface area (Å²) in [6.45, 7) is 2.22. The fourth-order valence-electron chi connectivity index (χ4n) is 3.06. The molecule has 0 bridgehead atoms. The van der Waals surface area contributed by atoms with Gasteiger partial charge in [0.05, 0.1) is 4.90 Å². The van der Waals surface area contributed by atoms with Gasteiger partial charge in [-0.1, -0.05) is 0 Å². The second kappa shape index (κ2) is 3.96. The van der Waals surface area contributed by atoms with Crippen LogP contribution in [0.4, 0.5) is 5.69 Å². The summed E-state index contributed by atoms with van der Waals surface area (Å²) in [4.78, 5) is 2.67. The van der Waals surface area contributed by atoms with Crippen LogP contribution in [0.3, 0.4) is 0 Å². The summed E-state index contributed by atoms with van der Waals surface area (Å²) >= 11 is 0. The highest BCUT2D eigenvalue weighted by Crippen LogP contribution is 2.46. The van der Waals surface area contributed by atoms with Crippen molar-refractivity contribution in [2.45, 2.75) is 10.9 Å². The van der Waals surface area contributed by atoms with Gasteiger partial charge >= 0.3 is 0 Å².